The van der Waals surface area contributed by atoms with E-state index in [0.717, 1.165) is 0 Å². The molecule has 1 aliphatic heterocycles. The molecule has 0 aliphatic carbocycles. The fraction of sp³-hybridized carbons (Fsp3) is 0.643. The van der Waals surface area contributed by atoms with E-state index in [0.29, 0.717) is 24.2 Å². The fourth-order valence-corrected chi connectivity index (χ4v) is 2.26. The van der Waals surface area contributed by atoms with Crippen LogP contribution in [0.2, 0.25) is 0 Å². The molecule has 0 bridgehead atoms. The molecule has 0 saturated heterocycles. The first-order chi connectivity index (χ1) is 10.2. The SMILES string of the molecule is CCOC(=O)n1nc(N)c2c1CCN(C(=O)OC(C)(C)C)C2. The average molecular weight is 310 g/mol. The predicted octanol–water partition coefficient (Wildman–Crippen LogP) is 1.76. The van der Waals surface area contributed by atoms with Gasteiger partial charge in [0.15, 0.2) is 5.82 Å². The van der Waals surface area contributed by atoms with Gasteiger partial charge in [0.2, 0.25) is 0 Å². The van der Waals surface area contributed by atoms with E-state index < -0.39 is 17.8 Å². The lowest BCUT2D eigenvalue weighted by molar-refractivity contribution is 0.0223. The van der Waals surface area contributed by atoms with Gasteiger partial charge in [0.05, 0.1) is 18.8 Å². The van der Waals surface area contributed by atoms with E-state index in [9.17, 15) is 9.59 Å². The van der Waals surface area contributed by atoms with Crippen LogP contribution in [0.3, 0.4) is 0 Å². The number of ether oxygens (including phenoxy) is 2. The van der Waals surface area contributed by atoms with E-state index in [4.69, 9.17) is 15.2 Å². The second-order valence-electron chi connectivity index (χ2n) is 6.07. The minimum Gasteiger partial charge on any atom is -0.448 e. The molecule has 0 radical (unpaired) electrons. The topological polar surface area (TPSA) is 99.7 Å². The molecule has 0 atom stereocenters. The smallest absolute Gasteiger partial charge is 0.434 e. The van der Waals surface area contributed by atoms with Crippen LogP contribution in [0, 0.1) is 0 Å². The molecule has 0 fully saturated rings. The summed E-state index contributed by atoms with van der Waals surface area (Å²) in [5.41, 5.74) is 6.67. The Hall–Kier alpha value is -2.25. The normalized spacial score (nSPS) is 14.5. The van der Waals surface area contributed by atoms with E-state index in [2.05, 4.69) is 5.10 Å². The molecule has 22 heavy (non-hydrogen) atoms. The standard InChI is InChI=1S/C14H22N4O4/c1-5-21-13(20)18-10-6-7-17(8-9(10)11(15)16-18)12(19)22-14(2,3)4/h5-8H2,1-4H3,(H2,15,16). The summed E-state index contributed by atoms with van der Waals surface area (Å²) >= 11 is 0. The van der Waals surface area contributed by atoms with Gasteiger partial charge in [0, 0.05) is 18.5 Å². The molecule has 1 aliphatic rings. The molecule has 0 unspecified atom stereocenters. The van der Waals surface area contributed by atoms with Crippen molar-refractivity contribution >= 4 is 18.0 Å². The summed E-state index contributed by atoms with van der Waals surface area (Å²) < 4.78 is 11.5. The molecule has 1 aromatic rings. The van der Waals surface area contributed by atoms with Gasteiger partial charge < -0.3 is 20.1 Å². The van der Waals surface area contributed by atoms with Gasteiger partial charge in [-0.05, 0) is 27.7 Å². The molecule has 2 rings (SSSR count). The summed E-state index contributed by atoms with van der Waals surface area (Å²) in [5.74, 6) is 0.233. The Morgan fingerprint density at radius 1 is 1.32 bits per heavy atom. The first kappa shape index (κ1) is 16.1. The quantitative estimate of drug-likeness (QED) is 0.848. The maximum atomic E-state index is 12.1. The van der Waals surface area contributed by atoms with Crippen molar-refractivity contribution < 1.29 is 19.1 Å². The van der Waals surface area contributed by atoms with Gasteiger partial charge in [-0.25, -0.2) is 9.59 Å². The van der Waals surface area contributed by atoms with Gasteiger partial charge in [-0.15, -0.1) is 5.10 Å². The van der Waals surface area contributed by atoms with Crippen molar-refractivity contribution in [3.05, 3.63) is 11.3 Å². The number of carbonyl (C=O) groups excluding carboxylic acids is 2. The van der Waals surface area contributed by atoms with Crippen molar-refractivity contribution in [2.75, 3.05) is 18.9 Å². The highest BCUT2D eigenvalue weighted by Crippen LogP contribution is 2.25. The average Bonchev–Trinajstić information content (AvgIpc) is 2.74. The molecule has 8 nitrogen and oxygen atoms in total. The number of rotatable bonds is 1. The largest absolute Gasteiger partial charge is 0.448 e. The van der Waals surface area contributed by atoms with Gasteiger partial charge in [-0.1, -0.05) is 0 Å². The number of fused-ring (bicyclic) bond motifs is 1. The van der Waals surface area contributed by atoms with Crippen molar-refractivity contribution in [3.63, 3.8) is 0 Å². The second kappa shape index (κ2) is 5.86. The first-order valence-electron chi connectivity index (χ1n) is 7.24. The molecule has 1 aromatic heterocycles. The van der Waals surface area contributed by atoms with Crippen LogP contribution >= 0.6 is 0 Å². The number of amides is 1. The van der Waals surface area contributed by atoms with Crippen LogP contribution in [0.15, 0.2) is 0 Å². The van der Waals surface area contributed by atoms with Crippen LogP contribution in [0.25, 0.3) is 0 Å². The van der Waals surface area contributed by atoms with Crippen LogP contribution in [0.1, 0.15) is 39.0 Å². The summed E-state index contributed by atoms with van der Waals surface area (Å²) in [5, 5.41) is 4.02. The Kier molecular flexibility index (Phi) is 4.30. The molecular formula is C14H22N4O4. The summed E-state index contributed by atoms with van der Waals surface area (Å²) in [4.78, 5) is 25.5. The highest BCUT2D eigenvalue weighted by molar-refractivity contribution is 5.73. The van der Waals surface area contributed by atoms with Gasteiger partial charge in [-0.2, -0.15) is 4.68 Å². The molecule has 0 aromatic carbocycles. The fourth-order valence-electron chi connectivity index (χ4n) is 2.26. The summed E-state index contributed by atoms with van der Waals surface area (Å²) in [7, 11) is 0. The number of aromatic nitrogens is 2. The van der Waals surface area contributed by atoms with E-state index in [1.165, 1.54) is 4.68 Å². The Morgan fingerprint density at radius 3 is 2.59 bits per heavy atom. The van der Waals surface area contributed by atoms with Crippen molar-refractivity contribution in [1.29, 1.82) is 0 Å². The highest BCUT2D eigenvalue weighted by Gasteiger charge is 2.31. The minimum absolute atomic E-state index is 0.233. The third-order valence-corrected chi connectivity index (χ3v) is 3.18. The zero-order valence-electron chi connectivity index (χ0n) is 13.4. The Bertz CT molecular complexity index is 588. The number of hydrogen-bond acceptors (Lipinski definition) is 6. The van der Waals surface area contributed by atoms with Crippen molar-refractivity contribution in [2.45, 2.75) is 46.3 Å². The molecule has 122 valence electrons. The zero-order chi connectivity index (χ0) is 16.5. The van der Waals surface area contributed by atoms with Crippen molar-refractivity contribution in [2.24, 2.45) is 0 Å². The minimum atomic E-state index is -0.558. The van der Waals surface area contributed by atoms with E-state index in [-0.39, 0.29) is 19.0 Å². The summed E-state index contributed by atoms with van der Waals surface area (Å²) in [6.45, 7) is 8.13. The highest BCUT2D eigenvalue weighted by atomic mass is 16.6. The van der Waals surface area contributed by atoms with Gasteiger partial charge in [-0.3, -0.25) is 0 Å². The summed E-state index contributed by atoms with van der Waals surface area (Å²) in [6, 6.07) is 0. The van der Waals surface area contributed by atoms with Gasteiger partial charge in [0.25, 0.3) is 0 Å². The lowest BCUT2D eigenvalue weighted by atomic mass is 10.1. The van der Waals surface area contributed by atoms with Crippen molar-refractivity contribution in [1.82, 2.24) is 14.7 Å². The third-order valence-electron chi connectivity index (χ3n) is 3.18. The van der Waals surface area contributed by atoms with Gasteiger partial charge in [0.1, 0.15) is 5.60 Å². The maximum Gasteiger partial charge on any atom is 0.434 e. The lowest BCUT2D eigenvalue weighted by Crippen LogP contribution is -2.40. The lowest BCUT2D eigenvalue weighted by Gasteiger charge is -2.30. The molecule has 2 N–H and O–H groups in total. The number of nitrogens with zero attached hydrogens (tertiary/aromatic N) is 3. The molecule has 2 heterocycles. The molecule has 0 saturated carbocycles. The number of carbonyl (C=O) groups is 2. The van der Waals surface area contributed by atoms with E-state index in [1.807, 2.05) is 20.8 Å². The van der Waals surface area contributed by atoms with Crippen LogP contribution < -0.4 is 5.73 Å². The zero-order valence-corrected chi connectivity index (χ0v) is 13.4. The molecule has 0 spiro atoms. The van der Waals surface area contributed by atoms with Crippen LogP contribution in [0.5, 0.6) is 0 Å². The van der Waals surface area contributed by atoms with Gasteiger partial charge >= 0.3 is 12.2 Å². The molecule has 1 amide bonds. The van der Waals surface area contributed by atoms with Crippen LogP contribution in [0.4, 0.5) is 15.4 Å². The number of nitrogen functional groups attached to an aromatic ring is 1. The van der Waals surface area contributed by atoms with Crippen molar-refractivity contribution in [3.8, 4) is 0 Å². The summed E-state index contributed by atoms with van der Waals surface area (Å²) in [6.07, 6.45) is -0.486. The monoisotopic (exact) mass is 310 g/mol. The van der Waals surface area contributed by atoms with Crippen LogP contribution in [-0.2, 0) is 22.4 Å². The van der Waals surface area contributed by atoms with E-state index in [1.54, 1.807) is 11.8 Å². The Morgan fingerprint density at radius 2 is 2.00 bits per heavy atom. The van der Waals surface area contributed by atoms with E-state index >= 15 is 0 Å². The maximum absolute atomic E-state index is 12.1. The number of nitrogens with two attached hydrogens (primary N) is 1. The molecule has 8 heteroatoms. The predicted molar refractivity (Wildman–Crippen MR) is 79.4 cm³/mol. The third kappa shape index (κ3) is 3.32. The van der Waals surface area contributed by atoms with Crippen LogP contribution in [-0.4, -0.2) is 45.6 Å². The molecular weight excluding hydrogens is 288 g/mol. The second-order valence-corrected chi connectivity index (χ2v) is 6.07. The first-order valence-corrected chi connectivity index (χ1v) is 7.24. The Balaban J connectivity index is 2.18. The Labute approximate surface area is 129 Å². The number of hydrogen-bond donors (Lipinski definition) is 1. The number of anilines is 1.